The molecule has 0 saturated carbocycles. The molecule has 1 aliphatic heterocycles. The highest BCUT2D eigenvalue weighted by Gasteiger charge is 2.26. The van der Waals surface area contributed by atoms with Gasteiger partial charge in [-0.1, -0.05) is 6.92 Å². The average molecular weight is 266 g/mol. The molecule has 1 amide bonds. The lowest BCUT2D eigenvalue weighted by Crippen LogP contribution is -2.46. The molecule has 4 heteroatoms. The Morgan fingerprint density at radius 3 is 2.78 bits per heavy atom. The van der Waals surface area contributed by atoms with Crippen LogP contribution < -0.4 is 5.32 Å². The molecule has 2 rings (SSSR count). The number of carbonyl (C=O) groups excluding carboxylic acids is 1. The van der Waals surface area contributed by atoms with Gasteiger partial charge in [-0.3, -0.25) is 4.79 Å². The summed E-state index contributed by atoms with van der Waals surface area (Å²) < 4.78 is 0. The second kappa shape index (κ2) is 6.34. The Morgan fingerprint density at radius 1 is 1.50 bits per heavy atom. The lowest BCUT2D eigenvalue weighted by atomic mass is 10.0. The van der Waals surface area contributed by atoms with E-state index in [4.69, 9.17) is 0 Å². The highest BCUT2D eigenvalue weighted by Crippen LogP contribution is 2.22. The molecule has 0 aromatic carbocycles. The highest BCUT2D eigenvalue weighted by atomic mass is 32.1. The molecule has 0 unspecified atom stereocenters. The van der Waals surface area contributed by atoms with Crippen molar-refractivity contribution in [1.82, 2.24) is 10.2 Å². The van der Waals surface area contributed by atoms with E-state index in [-0.39, 0.29) is 5.91 Å². The molecule has 0 atom stereocenters. The first-order valence-corrected chi connectivity index (χ1v) is 7.67. The Labute approximate surface area is 113 Å². The van der Waals surface area contributed by atoms with Gasteiger partial charge in [-0.2, -0.15) is 0 Å². The van der Waals surface area contributed by atoms with Crippen LogP contribution in [0.2, 0.25) is 0 Å². The Morgan fingerprint density at radius 2 is 2.22 bits per heavy atom. The van der Waals surface area contributed by atoms with Crippen LogP contribution in [0.4, 0.5) is 0 Å². The summed E-state index contributed by atoms with van der Waals surface area (Å²) in [5, 5.41) is 5.37. The molecule has 1 aromatic heterocycles. The SMILES string of the molecule is CCCN(C(=O)c1sccc1C)C1CCNCC1. The van der Waals surface area contributed by atoms with Gasteiger partial charge in [0.15, 0.2) is 0 Å². The number of carbonyl (C=O) groups is 1. The maximum atomic E-state index is 12.6. The topological polar surface area (TPSA) is 32.3 Å². The Kier molecular flexibility index (Phi) is 4.78. The van der Waals surface area contributed by atoms with Crippen LogP contribution in [0.3, 0.4) is 0 Å². The van der Waals surface area contributed by atoms with Crippen LogP contribution in [0.15, 0.2) is 11.4 Å². The van der Waals surface area contributed by atoms with Crippen LogP contribution in [-0.2, 0) is 0 Å². The van der Waals surface area contributed by atoms with Crippen molar-refractivity contribution in [2.75, 3.05) is 19.6 Å². The maximum absolute atomic E-state index is 12.6. The summed E-state index contributed by atoms with van der Waals surface area (Å²) >= 11 is 1.57. The van der Waals surface area contributed by atoms with Crippen molar-refractivity contribution < 1.29 is 4.79 Å². The van der Waals surface area contributed by atoms with Gasteiger partial charge < -0.3 is 10.2 Å². The number of nitrogens with zero attached hydrogens (tertiary/aromatic N) is 1. The fourth-order valence-corrected chi connectivity index (χ4v) is 3.41. The van der Waals surface area contributed by atoms with Gasteiger partial charge in [0.2, 0.25) is 0 Å². The molecule has 100 valence electrons. The second-order valence-corrected chi connectivity index (χ2v) is 5.83. The Bertz CT molecular complexity index is 396. The molecule has 1 aromatic rings. The number of rotatable bonds is 4. The van der Waals surface area contributed by atoms with Crippen molar-refractivity contribution in [2.45, 2.75) is 39.2 Å². The van der Waals surface area contributed by atoms with Crippen molar-refractivity contribution in [3.05, 3.63) is 21.9 Å². The lowest BCUT2D eigenvalue weighted by Gasteiger charge is -2.34. The number of hydrogen-bond donors (Lipinski definition) is 1. The largest absolute Gasteiger partial charge is 0.335 e. The van der Waals surface area contributed by atoms with Crippen LogP contribution in [0.1, 0.15) is 41.4 Å². The fourth-order valence-electron chi connectivity index (χ4n) is 2.53. The molecule has 1 aliphatic rings. The molecule has 0 spiro atoms. The molecule has 18 heavy (non-hydrogen) atoms. The van der Waals surface area contributed by atoms with Crippen molar-refractivity contribution in [1.29, 1.82) is 0 Å². The predicted molar refractivity (Wildman–Crippen MR) is 76.3 cm³/mol. The van der Waals surface area contributed by atoms with Gasteiger partial charge in [0, 0.05) is 12.6 Å². The number of piperidine rings is 1. The molecule has 0 aliphatic carbocycles. The van der Waals surface area contributed by atoms with E-state index in [1.807, 2.05) is 18.4 Å². The first-order chi connectivity index (χ1) is 8.74. The van der Waals surface area contributed by atoms with E-state index in [9.17, 15) is 4.79 Å². The molecule has 1 fully saturated rings. The highest BCUT2D eigenvalue weighted by molar-refractivity contribution is 7.12. The number of hydrogen-bond acceptors (Lipinski definition) is 3. The zero-order chi connectivity index (χ0) is 13.0. The number of amides is 1. The Balaban J connectivity index is 2.13. The maximum Gasteiger partial charge on any atom is 0.264 e. The van der Waals surface area contributed by atoms with Gasteiger partial charge >= 0.3 is 0 Å². The van der Waals surface area contributed by atoms with Gasteiger partial charge in [-0.25, -0.2) is 0 Å². The first kappa shape index (κ1) is 13.6. The molecule has 1 N–H and O–H groups in total. The number of nitrogens with one attached hydrogen (secondary N) is 1. The summed E-state index contributed by atoms with van der Waals surface area (Å²) in [5.74, 6) is 0.233. The molecular weight excluding hydrogens is 244 g/mol. The van der Waals surface area contributed by atoms with E-state index in [0.29, 0.717) is 6.04 Å². The van der Waals surface area contributed by atoms with Gasteiger partial charge in [-0.15, -0.1) is 11.3 Å². The summed E-state index contributed by atoms with van der Waals surface area (Å²) in [7, 11) is 0. The van der Waals surface area contributed by atoms with E-state index < -0.39 is 0 Å². The van der Waals surface area contributed by atoms with E-state index in [0.717, 1.165) is 49.3 Å². The second-order valence-electron chi connectivity index (χ2n) is 4.91. The third kappa shape index (κ3) is 2.93. The van der Waals surface area contributed by atoms with Crippen LogP contribution in [0.5, 0.6) is 0 Å². The minimum Gasteiger partial charge on any atom is -0.335 e. The van der Waals surface area contributed by atoms with Crippen LogP contribution >= 0.6 is 11.3 Å². The average Bonchev–Trinajstić information content (AvgIpc) is 2.82. The van der Waals surface area contributed by atoms with Crippen LogP contribution in [-0.4, -0.2) is 36.5 Å². The summed E-state index contributed by atoms with van der Waals surface area (Å²) in [5.41, 5.74) is 1.11. The number of aryl methyl sites for hydroxylation is 1. The first-order valence-electron chi connectivity index (χ1n) is 6.79. The molecular formula is C14H22N2OS. The normalized spacial score (nSPS) is 16.8. The van der Waals surface area contributed by atoms with Gasteiger partial charge in [0.1, 0.15) is 0 Å². The fraction of sp³-hybridized carbons (Fsp3) is 0.643. The zero-order valence-corrected chi connectivity index (χ0v) is 12.1. The van der Waals surface area contributed by atoms with E-state index in [1.54, 1.807) is 11.3 Å². The predicted octanol–water partition coefficient (Wildman–Crippen LogP) is 2.66. The standard InChI is InChI=1S/C14H22N2OS/c1-3-9-16(12-4-7-15-8-5-12)14(17)13-11(2)6-10-18-13/h6,10,12,15H,3-5,7-9H2,1-2H3. The minimum absolute atomic E-state index is 0.233. The summed E-state index contributed by atoms with van der Waals surface area (Å²) in [6.07, 6.45) is 3.19. The van der Waals surface area contributed by atoms with Gasteiger partial charge in [-0.05, 0) is 56.3 Å². The summed E-state index contributed by atoms with van der Waals surface area (Å²) in [4.78, 5) is 15.6. The van der Waals surface area contributed by atoms with Crippen LogP contribution in [0.25, 0.3) is 0 Å². The van der Waals surface area contributed by atoms with Gasteiger partial charge in [0.25, 0.3) is 5.91 Å². The molecule has 0 bridgehead atoms. The van der Waals surface area contributed by atoms with Crippen molar-refractivity contribution in [2.24, 2.45) is 0 Å². The van der Waals surface area contributed by atoms with Gasteiger partial charge in [0.05, 0.1) is 4.88 Å². The van der Waals surface area contributed by atoms with E-state index >= 15 is 0 Å². The minimum atomic E-state index is 0.233. The third-order valence-corrected chi connectivity index (χ3v) is 4.54. The van der Waals surface area contributed by atoms with E-state index in [2.05, 4.69) is 17.1 Å². The quantitative estimate of drug-likeness (QED) is 0.908. The monoisotopic (exact) mass is 266 g/mol. The molecule has 0 radical (unpaired) electrons. The van der Waals surface area contributed by atoms with Crippen molar-refractivity contribution in [3.8, 4) is 0 Å². The number of thiophene rings is 1. The smallest absolute Gasteiger partial charge is 0.264 e. The third-order valence-electron chi connectivity index (χ3n) is 3.53. The molecule has 2 heterocycles. The molecule has 1 saturated heterocycles. The lowest BCUT2D eigenvalue weighted by molar-refractivity contribution is 0.0647. The van der Waals surface area contributed by atoms with Crippen molar-refractivity contribution >= 4 is 17.2 Å². The van der Waals surface area contributed by atoms with Crippen molar-refractivity contribution in [3.63, 3.8) is 0 Å². The molecule has 3 nitrogen and oxygen atoms in total. The summed E-state index contributed by atoms with van der Waals surface area (Å²) in [6.45, 7) is 7.10. The zero-order valence-electron chi connectivity index (χ0n) is 11.2. The Hall–Kier alpha value is -0.870. The van der Waals surface area contributed by atoms with E-state index in [1.165, 1.54) is 0 Å². The summed E-state index contributed by atoms with van der Waals surface area (Å²) in [6, 6.07) is 2.45. The van der Waals surface area contributed by atoms with Crippen LogP contribution in [0, 0.1) is 6.92 Å².